The van der Waals surface area contributed by atoms with E-state index in [1.165, 1.54) is 18.2 Å². The van der Waals surface area contributed by atoms with Crippen molar-refractivity contribution in [2.75, 3.05) is 5.32 Å². The van der Waals surface area contributed by atoms with E-state index in [-0.39, 0.29) is 18.0 Å². The summed E-state index contributed by atoms with van der Waals surface area (Å²) in [5.41, 5.74) is 2.96. The first-order chi connectivity index (χ1) is 18.4. The van der Waals surface area contributed by atoms with Crippen molar-refractivity contribution in [3.63, 3.8) is 0 Å². The lowest BCUT2D eigenvalue weighted by Crippen LogP contribution is -2.13. The minimum atomic E-state index is -0.533. The molecule has 0 spiro atoms. The van der Waals surface area contributed by atoms with Gasteiger partial charge in [-0.2, -0.15) is 5.26 Å². The van der Waals surface area contributed by atoms with Gasteiger partial charge in [0.05, 0.1) is 8.95 Å². The molecule has 0 fully saturated rings. The first kappa shape index (κ1) is 27.1. The van der Waals surface area contributed by atoms with Gasteiger partial charge in [0.15, 0.2) is 0 Å². The Labute approximate surface area is 236 Å². The highest BCUT2D eigenvalue weighted by Crippen LogP contribution is 2.36. The highest BCUT2D eigenvalue weighted by Gasteiger charge is 2.13. The maximum absolute atomic E-state index is 13.1. The quantitative estimate of drug-likeness (QED) is 0.149. The summed E-state index contributed by atoms with van der Waals surface area (Å²) in [6, 6.07) is 28.3. The standard InChI is InChI=1S/C30H21Br2FN2O3/c31-27-15-22(16-28(32)29(27)38-19-21-6-8-24(33)9-7-21)14-23(17-34)30(36)35-25-10-12-26(13-11-25)37-18-20-4-2-1-3-5-20/h1-16H,18-19H2,(H,35,36)/b23-14+. The molecule has 0 aliphatic heterocycles. The van der Waals surface area contributed by atoms with Gasteiger partial charge in [-0.25, -0.2) is 4.39 Å². The Kier molecular flexibility index (Phi) is 9.30. The fourth-order valence-electron chi connectivity index (χ4n) is 3.43. The molecule has 0 aliphatic rings. The predicted octanol–water partition coefficient (Wildman–Crippen LogP) is 8.05. The molecular formula is C30H21Br2FN2O3. The number of hydrogen-bond acceptors (Lipinski definition) is 4. The lowest BCUT2D eigenvalue weighted by Gasteiger charge is -2.12. The van der Waals surface area contributed by atoms with Gasteiger partial charge in [-0.1, -0.05) is 42.5 Å². The molecular weight excluding hydrogens is 615 g/mol. The van der Waals surface area contributed by atoms with Crippen LogP contribution in [0.1, 0.15) is 16.7 Å². The third-order valence-electron chi connectivity index (χ3n) is 5.35. The highest BCUT2D eigenvalue weighted by atomic mass is 79.9. The topological polar surface area (TPSA) is 71.3 Å². The van der Waals surface area contributed by atoms with E-state index in [1.807, 2.05) is 36.4 Å². The first-order valence-corrected chi connectivity index (χ1v) is 13.1. The molecule has 1 amide bonds. The van der Waals surface area contributed by atoms with E-state index in [2.05, 4.69) is 37.2 Å². The number of ether oxygens (including phenoxy) is 2. The van der Waals surface area contributed by atoms with Gasteiger partial charge in [0.1, 0.15) is 42.2 Å². The smallest absolute Gasteiger partial charge is 0.266 e. The second-order valence-electron chi connectivity index (χ2n) is 8.15. The Morgan fingerprint density at radius 2 is 1.47 bits per heavy atom. The zero-order valence-corrected chi connectivity index (χ0v) is 23.1. The lowest BCUT2D eigenvalue weighted by molar-refractivity contribution is -0.112. The summed E-state index contributed by atoms with van der Waals surface area (Å²) in [5, 5.41) is 12.3. The van der Waals surface area contributed by atoms with Gasteiger partial charge in [-0.15, -0.1) is 0 Å². The van der Waals surface area contributed by atoms with Crippen molar-refractivity contribution in [3.8, 4) is 17.6 Å². The summed E-state index contributed by atoms with van der Waals surface area (Å²) in [6.45, 7) is 0.684. The van der Waals surface area contributed by atoms with E-state index < -0.39 is 5.91 Å². The molecule has 5 nitrogen and oxygen atoms in total. The summed E-state index contributed by atoms with van der Waals surface area (Å²) < 4.78 is 26.0. The number of carbonyl (C=O) groups excluding carboxylic acids is 1. The van der Waals surface area contributed by atoms with E-state index in [9.17, 15) is 14.4 Å². The average molecular weight is 636 g/mol. The van der Waals surface area contributed by atoms with E-state index in [4.69, 9.17) is 9.47 Å². The second-order valence-corrected chi connectivity index (χ2v) is 9.86. The van der Waals surface area contributed by atoms with Crippen molar-refractivity contribution in [2.24, 2.45) is 0 Å². The van der Waals surface area contributed by atoms with Crippen LogP contribution in [0.2, 0.25) is 0 Å². The zero-order valence-electron chi connectivity index (χ0n) is 20.0. The molecule has 0 aromatic heterocycles. The Hall–Kier alpha value is -3.93. The maximum atomic E-state index is 13.1. The molecule has 190 valence electrons. The molecule has 0 bridgehead atoms. The molecule has 0 heterocycles. The van der Waals surface area contributed by atoms with Crippen LogP contribution in [0.25, 0.3) is 6.08 Å². The lowest BCUT2D eigenvalue weighted by atomic mass is 10.1. The number of halogens is 3. The van der Waals surface area contributed by atoms with Crippen LogP contribution < -0.4 is 14.8 Å². The van der Waals surface area contributed by atoms with Crippen molar-refractivity contribution in [3.05, 3.63) is 128 Å². The normalized spacial score (nSPS) is 10.9. The first-order valence-electron chi connectivity index (χ1n) is 11.5. The summed E-state index contributed by atoms with van der Waals surface area (Å²) >= 11 is 6.96. The van der Waals surface area contributed by atoms with Crippen molar-refractivity contribution in [2.45, 2.75) is 13.2 Å². The number of nitrogens with zero attached hydrogens (tertiary/aromatic N) is 1. The molecule has 0 saturated carbocycles. The molecule has 0 unspecified atom stereocenters. The van der Waals surface area contributed by atoms with Crippen LogP contribution in [0.15, 0.2) is 106 Å². The number of nitrogens with one attached hydrogen (secondary N) is 1. The van der Waals surface area contributed by atoms with Gasteiger partial charge in [-0.05, 0) is 103 Å². The van der Waals surface area contributed by atoms with Gasteiger partial charge >= 0.3 is 0 Å². The van der Waals surface area contributed by atoms with Crippen LogP contribution in [0, 0.1) is 17.1 Å². The molecule has 1 N–H and O–H groups in total. The number of nitriles is 1. The maximum Gasteiger partial charge on any atom is 0.266 e. The number of hydrogen-bond donors (Lipinski definition) is 1. The van der Waals surface area contributed by atoms with E-state index >= 15 is 0 Å². The van der Waals surface area contributed by atoms with Gasteiger partial charge in [-0.3, -0.25) is 4.79 Å². The summed E-state index contributed by atoms with van der Waals surface area (Å²) in [6.07, 6.45) is 1.49. The Morgan fingerprint density at radius 3 is 2.11 bits per heavy atom. The van der Waals surface area contributed by atoms with Gasteiger partial charge in [0.2, 0.25) is 0 Å². The van der Waals surface area contributed by atoms with Crippen molar-refractivity contribution < 1.29 is 18.7 Å². The van der Waals surface area contributed by atoms with Crippen LogP contribution >= 0.6 is 31.9 Å². The van der Waals surface area contributed by atoms with E-state index in [0.29, 0.717) is 38.3 Å². The monoisotopic (exact) mass is 634 g/mol. The molecule has 4 aromatic carbocycles. The molecule has 8 heteroatoms. The fourth-order valence-corrected chi connectivity index (χ4v) is 4.88. The minimum absolute atomic E-state index is 0.0619. The number of benzene rings is 4. The predicted molar refractivity (Wildman–Crippen MR) is 152 cm³/mol. The molecule has 4 rings (SSSR count). The fraction of sp³-hybridized carbons (Fsp3) is 0.0667. The zero-order chi connectivity index (χ0) is 26.9. The third kappa shape index (κ3) is 7.54. The highest BCUT2D eigenvalue weighted by molar-refractivity contribution is 9.11. The molecule has 38 heavy (non-hydrogen) atoms. The average Bonchev–Trinajstić information content (AvgIpc) is 2.92. The molecule has 0 atom stereocenters. The van der Waals surface area contributed by atoms with Gasteiger partial charge < -0.3 is 14.8 Å². The third-order valence-corrected chi connectivity index (χ3v) is 6.53. The van der Waals surface area contributed by atoms with Crippen molar-refractivity contribution in [1.29, 1.82) is 5.26 Å². The van der Waals surface area contributed by atoms with Gasteiger partial charge in [0.25, 0.3) is 5.91 Å². The summed E-state index contributed by atoms with van der Waals surface area (Å²) in [4.78, 5) is 12.8. The van der Waals surface area contributed by atoms with E-state index in [0.717, 1.165) is 11.1 Å². The number of anilines is 1. The SMILES string of the molecule is N#C/C(=C\c1cc(Br)c(OCc2ccc(F)cc2)c(Br)c1)C(=O)Nc1ccc(OCc2ccccc2)cc1. The van der Waals surface area contributed by atoms with E-state index in [1.54, 1.807) is 48.5 Å². The Balaban J connectivity index is 1.39. The van der Waals surface area contributed by atoms with Gasteiger partial charge in [0, 0.05) is 5.69 Å². The van der Waals surface area contributed by atoms with Crippen molar-refractivity contribution in [1.82, 2.24) is 0 Å². The van der Waals surface area contributed by atoms with Crippen molar-refractivity contribution >= 4 is 49.5 Å². The summed E-state index contributed by atoms with van der Waals surface area (Å²) in [7, 11) is 0. The number of carbonyl (C=O) groups is 1. The molecule has 0 saturated heterocycles. The largest absolute Gasteiger partial charge is 0.489 e. The van der Waals surface area contributed by atoms with Crippen LogP contribution in [-0.2, 0) is 18.0 Å². The summed E-state index contributed by atoms with van der Waals surface area (Å²) in [5.74, 6) is 0.368. The number of rotatable bonds is 9. The second kappa shape index (κ2) is 13.0. The Morgan fingerprint density at radius 1 is 0.868 bits per heavy atom. The number of amides is 1. The molecule has 0 radical (unpaired) electrons. The molecule has 0 aliphatic carbocycles. The van der Waals surface area contributed by atoms with Crippen LogP contribution in [0.4, 0.5) is 10.1 Å². The minimum Gasteiger partial charge on any atom is -0.489 e. The van der Waals surface area contributed by atoms with Crippen LogP contribution in [-0.4, -0.2) is 5.91 Å². The van der Waals surface area contributed by atoms with Crippen LogP contribution in [0.5, 0.6) is 11.5 Å². The molecule has 4 aromatic rings. The Bertz CT molecular complexity index is 1460. The van der Waals surface area contributed by atoms with Crippen LogP contribution in [0.3, 0.4) is 0 Å².